The van der Waals surface area contributed by atoms with Crippen molar-refractivity contribution in [3.05, 3.63) is 54.6 Å². The smallest absolute Gasteiger partial charge is 0.139 e. The molecule has 3 aromatic rings. The van der Waals surface area contributed by atoms with Crippen LogP contribution in [0.1, 0.15) is 5.56 Å². The van der Waals surface area contributed by atoms with Crippen LogP contribution in [-0.2, 0) is 19.6 Å². The van der Waals surface area contributed by atoms with Crippen molar-refractivity contribution in [2.24, 2.45) is 0 Å². The van der Waals surface area contributed by atoms with Crippen molar-refractivity contribution >= 4 is 0 Å². The predicted molar refractivity (Wildman–Crippen MR) is 88.9 cm³/mol. The number of benzene rings is 1. The second-order valence-electron chi connectivity index (χ2n) is 5.79. The van der Waals surface area contributed by atoms with E-state index in [0.717, 1.165) is 30.0 Å². The number of aryl methyl sites for hydroxylation is 2. The van der Waals surface area contributed by atoms with Gasteiger partial charge in [-0.3, -0.25) is 4.68 Å². The van der Waals surface area contributed by atoms with Gasteiger partial charge in [0.25, 0.3) is 0 Å². The van der Waals surface area contributed by atoms with Crippen LogP contribution in [0.5, 0.6) is 5.75 Å². The van der Waals surface area contributed by atoms with Gasteiger partial charge in [0.15, 0.2) is 0 Å². The van der Waals surface area contributed by atoms with Crippen molar-refractivity contribution in [3.8, 4) is 17.1 Å². The minimum absolute atomic E-state index is 0.317. The maximum absolute atomic E-state index is 10.0. The van der Waals surface area contributed by atoms with Gasteiger partial charge in [-0.15, -0.1) is 0 Å². The minimum Gasteiger partial charge on any atom is -0.508 e. The van der Waals surface area contributed by atoms with Crippen LogP contribution in [-0.4, -0.2) is 43.4 Å². The Morgan fingerprint density at radius 3 is 2.74 bits per heavy atom. The lowest BCUT2D eigenvalue weighted by Crippen LogP contribution is -2.11. The van der Waals surface area contributed by atoms with Gasteiger partial charge in [-0.05, 0) is 38.4 Å². The molecular formula is C17H21N5O. The van der Waals surface area contributed by atoms with E-state index in [1.807, 2.05) is 54.3 Å². The van der Waals surface area contributed by atoms with Crippen molar-refractivity contribution < 1.29 is 5.11 Å². The summed E-state index contributed by atoms with van der Waals surface area (Å²) >= 11 is 0. The van der Waals surface area contributed by atoms with E-state index in [-0.39, 0.29) is 0 Å². The van der Waals surface area contributed by atoms with Crippen LogP contribution in [0.15, 0.2) is 49.1 Å². The highest BCUT2D eigenvalue weighted by atomic mass is 16.3. The van der Waals surface area contributed by atoms with Crippen LogP contribution in [0.25, 0.3) is 11.4 Å². The summed E-state index contributed by atoms with van der Waals surface area (Å²) in [4.78, 5) is 6.51. The molecule has 0 spiro atoms. The second kappa shape index (κ2) is 6.66. The molecule has 0 aliphatic rings. The first-order chi connectivity index (χ1) is 11.1. The highest BCUT2D eigenvalue weighted by molar-refractivity contribution is 5.59. The number of phenols is 1. The van der Waals surface area contributed by atoms with Gasteiger partial charge in [0.1, 0.15) is 11.6 Å². The molecule has 0 aliphatic heterocycles. The van der Waals surface area contributed by atoms with Gasteiger partial charge in [0.2, 0.25) is 0 Å². The van der Waals surface area contributed by atoms with Gasteiger partial charge >= 0.3 is 0 Å². The van der Waals surface area contributed by atoms with Crippen LogP contribution in [0.3, 0.4) is 0 Å². The van der Waals surface area contributed by atoms with Gasteiger partial charge in [0.05, 0.1) is 6.54 Å². The molecule has 0 atom stereocenters. The van der Waals surface area contributed by atoms with E-state index in [2.05, 4.69) is 14.6 Å². The molecule has 6 heteroatoms. The quantitative estimate of drug-likeness (QED) is 0.758. The van der Waals surface area contributed by atoms with Crippen molar-refractivity contribution in [3.63, 3.8) is 0 Å². The van der Waals surface area contributed by atoms with E-state index in [1.54, 1.807) is 18.5 Å². The molecule has 0 aliphatic carbocycles. The highest BCUT2D eigenvalue weighted by Gasteiger charge is 2.10. The number of rotatable bonds is 6. The molecule has 0 saturated carbocycles. The number of phenolic OH excluding ortho intramolecular Hbond substituents is 1. The van der Waals surface area contributed by atoms with E-state index in [4.69, 9.17) is 0 Å². The van der Waals surface area contributed by atoms with Crippen LogP contribution in [0, 0.1) is 0 Å². The number of imidazole rings is 1. The number of hydrogen-bond donors (Lipinski definition) is 1. The minimum atomic E-state index is 0.317. The SMILES string of the molecule is CN(C)Cc1cc(-c2nccn2CCn2cccn2)ccc1O. The summed E-state index contributed by atoms with van der Waals surface area (Å²) < 4.78 is 4.01. The molecule has 1 aromatic carbocycles. The Hall–Kier alpha value is -2.60. The number of nitrogens with zero attached hydrogens (tertiary/aromatic N) is 5. The maximum atomic E-state index is 10.0. The summed E-state index contributed by atoms with van der Waals surface area (Å²) in [6, 6.07) is 7.56. The van der Waals surface area contributed by atoms with E-state index in [1.165, 1.54) is 0 Å². The molecule has 2 aromatic heterocycles. The topological polar surface area (TPSA) is 59.1 Å². The fourth-order valence-corrected chi connectivity index (χ4v) is 2.58. The molecule has 0 saturated heterocycles. The van der Waals surface area contributed by atoms with Gasteiger partial charge in [-0.2, -0.15) is 5.10 Å². The molecule has 0 unspecified atom stereocenters. The Bertz CT molecular complexity index is 761. The third kappa shape index (κ3) is 3.60. The highest BCUT2D eigenvalue weighted by Crippen LogP contribution is 2.25. The average molecular weight is 311 g/mol. The standard InChI is InChI=1S/C17H21N5O/c1-20(2)13-15-12-14(4-5-16(15)23)17-18-7-9-21(17)10-11-22-8-3-6-19-22/h3-9,12,23H,10-11,13H2,1-2H3. The molecule has 3 rings (SSSR count). The Labute approximate surface area is 135 Å². The first kappa shape index (κ1) is 15.3. The Balaban J connectivity index is 1.83. The van der Waals surface area contributed by atoms with Crippen molar-refractivity contribution in [2.45, 2.75) is 19.6 Å². The largest absolute Gasteiger partial charge is 0.508 e. The number of aromatic nitrogens is 4. The molecule has 0 amide bonds. The van der Waals surface area contributed by atoms with E-state index in [9.17, 15) is 5.11 Å². The van der Waals surface area contributed by atoms with Gasteiger partial charge in [0, 0.05) is 49.0 Å². The van der Waals surface area contributed by atoms with Crippen LogP contribution in [0.2, 0.25) is 0 Å². The molecule has 6 nitrogen and oxygen atoms in total. The first-order valence-corrected chi connectivity index (χ1v) is 7.59. The monoisotopic (exact) mass is 311 g/mol. The third-order valence-corrected chi connectivity index (χ3v) is 3.67. The summed E-state index contributed by atoms with van der Waals surface area (Å²) in [5.41, 5.74) is 1.90. The average Bonchev–Trinajstić information content (AvgIpc) is 3.17. The molecule has 0 bridgehead atoms. The van der Waals surface area contributed by atoms with Crippen molar-refractivity contribution in [1.29, 1.82) is 0 Å². The number of aromatic hydroxyl groups is 1. The zero-order chi connectivity index (χ0) is 16.2. The maximum Gasteiger partial charge on any atom is 0.139 e. The zero-order valence-corrected chi connectivity index (χ0v) is 13.4. The summed E-state index contributed by atoms with van der Waals surface area (Å²) in [6.45, 7) is 2.27. The lowest BCUT2D eigenvalue weighted by molar-refractivity contribution is 0.386. The summed E-state index contributed by atoms with van der Waals surface area (Å²) in [5, 5.41) is 14.2. The lowest BCUT2D eigenvalue weighted by Gasteiger charge is -2.13. The second-order valence-corrected chi connectivity index (χ2v) is 5.79. The molecule has 0 radical (unpaired) electrons. The summed E-state index contributed by atoms with van der Waals surface area (Å²) in [5.74, 6) is 1.22. The zero-order valence-electron chi connectivity index (χ0n) is 13.4. The van der Waals surface area contributed by atoms with Gasteiger partial charge < -0.3 is 14.6 Å². The van der Waals surface area contributed by atoms with Crippen LogP contribution < -0.4 is 0 Å². The van der Waals surface area contributed by atoms with E-state index in [0.29, 0.717) is 12.3 Å². The molecular weight excluding hydrogens is 290 g/mol. The lowest BCUT2D eigenvalue weighted by atomic mass is 10.1. The molecule has 0 fully saturated rings. The third-order valence-electron chi connectivity index (χ3n) is 3.67. The number of hydrogen-bond acceptors (Lipinski definition) is 4. The van der Waals surface area contributed by atoms with Gasteiger partial charge in [-0.25, -0.2) is 4.98 Å². The van der Waals surface area contributed by atoms with Crippen LogP contribution >= 0.6 is 0 Å². The fraction of sp³-hybridized carbons (Fsp3) is 0.294. The Morgan fingerprint density at radius 2 is 2.00 bits per heavy atom. The molecule has 120 valence electrons. The summed E-state index contributed by atoms with van der Waals surface area (Å²) in [6.07, 6.45) is 7.50. The van der Waals surface area contributed by atoms with E-state index < -0.39 is 0 Å². The molecule has 23 heavy (non-hydrogen) atoms. The molecule has 2 heterocycles. The molecule has 1 N–H and O–H groups in total. The summed E-state index contributed by atoms with van der Waals surface area (Å²) in [7, 11) is 3.97. The predicted octanol–water partition coefficient (Wildman–Crippen LogP) is 2.21. The van der Waals surface area contributed by atoms with E-state index >= 15 is 0 Å². The van der Waals surface area contributed by atoms with Crippen molar-refractivity contribution in [2.75, 3.05) is 14.1 Å². The Kier molecular flexibility index (Phi) is 4.43. The van der Waals surface area contributed by atoms with Crippen molar-refractivity contribution in [1.82, 2.24) is 24.2 Å². The normalized spacial score (nSPS) is 11.3. The fourth-order valence-electron chi connectivity index (χ4n) is 2.58. The Morgan fingerprint density at radius 1 is 1.13 bits per heavy atom. The van der Waals surface area contributed by atoms with Gasteiger partial charge in [-0.1, -0.05) is 0 Å². The first-order valence-electron chi connectivity index (χ1n) is 7.59. The van der Waals surface area contributed by atoms with Crippen LogP contribution in [0.4, 0.5) is 0 Å².